The van der Waals surface area contributed by atoms with Crippen LogP contribution in [0.25, 0.3) is 0 Å². The third kappa shape index (κ3) is 2.08. The molecule has 1 aromatic rings. The average Bonchev–Trinajstić information content (AvgIpc) is 2.74. The number of esters is 1. The van der Waals surface area contributed by atoms with Gasteiger partial charge in [0, 0.05) is 12.6 Å². The van der Waals surface area contributed by atoms with Gasteiger partial charge < -0.3 is 15.2 Å². The minimum Gasteiger partial charge on any atom is -0.465 e. The van der Waals surface area contributed by atoms with Gasteiger partial charge in [0.15, 0.2) is 0 Å². The van der Waals surface area contributed by atoms with Crippen molar-refractivity contribution in [1.29, 1.82) is 0 Å². The molecule has 1 aromatic carbocycles. The van der Waals surface area contributed by atoms with Crippen LogP contribution in [0.1, 0.15) is 28.4 Å². The predicted molar refractivity (Wildman–Crippen MR) is 59.1 cm³/mol. The molecule has 0 saturated carbocycles. The van der Waals surface area contributed by atoms with Crippen LogP contribution in [0, 0.1) is 0 Å². The molecule has 86 valence electrons. The fraction of sp³-hybridized carbons (Fsp3) is 0.417. The lowest BCUT2D eigenvalue weighted by Gasteiger charge is -2.15. The Balaban J connectivity index is 2.25. The average molecular weight is 221 g/mol. The summed E-state index contributed by atoms with van der Waals surface area (Å²) in [5.74, 6) is -0.339. The first kappa shape index (κ1) is 11.1. The van der Waals surface area contributed by atoms with E-state index in [1.54, 1.807) is 12.1 Å². The third-order valence-electron chi connectivity index (χ3n) is 2.77. The quantitative estimate of drug-likeness (QED) is 0.764. The van der Waals surface area contributed by atoms with E-state index >= 15 is 0 Å². The summed E-state index contributed by atoms with van der Waals surface area (Å²) in [7, 11) is 1.37. The van der Waals surface area contributed by atoms with Crippen molar-refractivity contribution in [3.8, 4) is 0 Å². The van der Waals surface area contributed by atoms with Crippen LogP contribution in [0.5, 0.6) is 0 Å². The molecule has 2 atom stereocenters. The number of carbonyl (C=O) groups excluding carboxylic acids is 1. The molecule has 0 bridgehead atoms. The van der Waals surface area contributed by atoms with E-state index in [1.165, 1.54) is 7.11 Å². The lowest BCUT2D eigenvalue weighted by Crippen LogP contribution is -2.23. The molecule has 0 aliphatic carbocycles. The highest BCUT2D eigenvalue weighted by molar-refractivity contribution is 5.89. The second-order valence-corrected chi connectivity index (χ2v) is 3.86. The molecule has 2 unspecified atom stereocenters. The van der Waals surface area contributed by atoms with E-state index in [1.807, 2.05) is 12.1 Å². The fourth-order valence-corrected chi connectivity index (χ4v) is 1.91. The molecule has 2 rings (SSSR count). The SMILES string of the molecule is COC(=O)c1cccc(C2OCCC2N)c1. The van der Waals surface area contributed by atoms with Crippen LogP contribution >= 0.6 is 0 Å². The Kier molecular flexibility index (Phi) is 3.22. The molecule has 2 N–H and O–H groups in total. The normalized spacial score (nSPS) is 24.4. The first-order valence-corrected chi connectivity index (χ1v) is 5.28. The number of methoxy groups -OCH3 is 1. The largest absolute Gasteiger partial charge is 0.465 e. The second-order valence-electron chi connectivity index (χ2n) is 3.86. The van der Waals surface area contributed by atoms with Crippen molar-refractivity contribution in [3.63, 3.8) is 0 Å². The van der Waals surface area contributed by atoms with Gasteiger partial charge in [0.25, 0.3) is 0 Å². The molecule has 1 aliphatic rings. The lowest BCUT2D eigenvalue weighted by atomic mass is 10.0. The maximum Gasteiger partial charge on any atom is 0.337 e. The van der Waals surface area contributed by atoms with Gasteiger partial charge in [-0.05, 0) is 24.1 Å². The van der Waals surface area contributed by atoms with E-state index in [-0.39, 0.29) is 18.1 Å². The van der Waals surface area contributed by atoms with Gasteiger partial charge in [0.1, 0.15) is 0 Å². The van der Waals surface area contributed by atoms with Crippen molar-refractivity contribution >= 4 is 5.97 Å². The topological polar surface area (TPSA) is 61.5 Å². The molecule has 1 saturated heterocycles. The number of hydrogen-bond acceptors (Lipinski definition) is 4. The van der Waals surface area contributed by atoms with Crippen molar-refractivity contribution in [3.05, 3.63) is 35.4 Å². The zero-order valence-electron chi connectivity index (χ0n) is 9.18. The first-order chi connectivity index (χ1) is 7.72. The van der Waals surface area contributed by atoms with Crippen LogP contribution in [-0.4, -0.2) is 25.7 Å². The van der Waals surface area contributed by atoms with E-state index in [4.69, 9.17) is 10.5 Å². The summed E-state index contributed by atoms with van der Waals surface area (Å²) in [6.45, 7) is 0.675. The molecule has 4 heteroatoms. The van der Waals surface area contributed by atoms with Crippen LogP contribution in [0.4, 0.5) is 0 Å². The highest BCUT2D eigenvalue weighted by Gasteiger charge is 2.26. The summed E-state index contributed by atoms with van der Waals surface area (Å²) in [5.41, 5.74) is 7.40. The van der Waals surface area contributed by atoms with Crippen molar-refractivity contribution in [1.82, 2.24) is 0 Å². The number of benzene rings is 1. The zero-order chi connectivity index (χ0) is 11.5. The molecule has 1 heterocycles. The van der Waals surface area contributed by atoms with E-state index in [0.29, 0.717) is 12.2 Å². The van der Waals surface area contributed by atoms with Crippen LogP contribution < -0.4 is 5.73 Å². The standard InChI is InChI=1S/C12H15NO3/c1-15-12(14)9-4-2-3-8(7-9)11-10(13)5-6-16-11/h2-4,7,10-11H,5-6,13H2,1H3. The molecule has 0 aromatic heterocycles. The van der Waals surface area contributed by atoms with Gasteiger partial charge >= 0.3 is 5.97 Å². The summed E-state index contributed by atoms with van der Waals surface area (Å²) in [4.78, 5) is 11.4. The summed E-state index contributed by atoms with van der Waals surface area (Å²) < 4.78 is 10.2. The molecule has 1 aliphatic heterocycles. The summed E-state index contributed by atoms with van der Waals surface area (Å²) in [6, 6.07) is 7.24. The van der Waals surface area contributed by atoms with Crippen LogP contribution in [0.15, 0.2) is 24.3 Å². The van der Waals surface area contributed by atoms with Gasteiger partial charge in [-0.3, -0.25) is 0 Å². The van der Waals surface area contributed by atoms with E-state index in [0.717, 1.165) is 12.0 Å². The minimum absolute atomic E-state index is 0.00731. The summed E-state index contributed by atoms with van der Waals surface area (Å²) in [6.07, 6.45) is 0.747. The zero-order valence-corrected chi connectivity index (χ0v) is 9.18. The first-order valence-electron chi connectivity index (χ1n) is 5.28. The molecule has 0 spiro atoms. The Morgan fingerprint density at radius 3 is 3.00 bits per heavy atom. The molecule has 1 fully saturated rings. The molecular formula is C12H15NO3. The van der Waals surface area contributed by atoms with Crippen LogP contribution in [-0.2, 0) is 9.47 Å². The van der Waals surface area contributed by atoms with E-state index < -0.39 is 0 Å². The van der Waals surface area contributed by atoms with Crippen molar-refractivity contribution in [2.45, 2.75) is 18.6 Å². The predicted octanol–water partition coefficient (Wildman–Crippen LogP) is 1.26. The van der Waals surface area contributed by atoms with Gasteiger partial charge in [-0.2, -0.15) is 0 Å². The monoisotopic (exact) mass is 221 g/mol. The van der Waals surface area contributed by atoms with Crippen molar-refractivity contribution in [2.24, 2.45) is 5.73 Å². The van der Waals surface area contributed by atoms with E-state index in [9.17, 15) is 4.79 Å². The van der Waals surface area contributed by atoms with Crippen molar-refractivity contribution < 1.29 is 14.3 Å². The Bertz CT molecular complexity index is 392. The number of nitrogens with two attached hydrogens (primary N) is 1. The molecule has 16 heavy (non-hydrogen) atoms. The second kappa shape index (κ2) is 4.63. The van der Waals surface area contributed by atoms with Gasteiger partial charge in [-0.25, -0.2) is 4.79 Å². The Morgan fingerprint density at radius 2 is 2.38 bits per heavy atom. The number of hydrogen-bond donors (Lipinski definition) is 1. The van der Waals surface area contributed by atoms with Crippen molar-refractivity contribution in [2.75, 3.05) is 13.7 Å². The molecule has 0 radical (unpaired) electrons. The van der Waals surface area contributed by atoms with Crippen LogP contribution in [0.2, 0.25) is 0 Å². The third-order valence-corrected chi connectivity index (χ3v) is 2.77. The number of rotatable bonds is 2. The summed E-state index contributed by atoms with van der Waals surface area (Å²) >= 11 is 0. The Hall–Kier alpha value is -1.39. The summed E-state index contributed by atoms with van der Waals surface area (Å²) in [5, 5.41) is 0. The minimum atomic E-state index is -0.339. The maximum atomic E-state index is 11.4. The van der Waals surface area contributed by atoms with Crippen LogP contribution in [0.3, 0.4) is 0 Å². The molecule has 0 amide bonds. The lowest BCUT2D eigenvalue weighted by molar-refractivity contribution is 0.0600. The number of ether oxygens (including phenoxy) is 2. The maximum absolute atomic E-state index is 11.4. The van der Waals surface area contributed by atoms with E-state index in [2.05, 4.69) is 4.74 Å². The highest BCUT2D eigenvalue weighted by Crippen LogP contribution is 2.28. The van der Waals surface area contributed by atoms with Gasteiger partial charge in [-0.15, -0.1) is 0 Å². The Morgan fingerprint density at radius 1 is 1.56 bits per heavy atom. The molecular weight excluding hydrogens is 206 g/mol. The smallest absolute Gasteiger partial charge is 0.337 e. The van der Waals surface area contributed by atoms with Gasteiger partial charge in [-0.1, -0.05) is 12.1 Å². The number of carbonyl (C=O) groups is 1. The fourth-order valence-electron chi connectivity index (χ4n) is 1.91. The highest BCUT2D eigenvalue weighted by atomic mass is 16.5. The molecule has 4 nitrogen and oxygen atoms in total. The van der Waals surface area contributed by atoms with Gasteiger partial charge in [0.05, 0.1) is 18.8 Å². The van der Waals surface area contributed by atoms with Gasteiger partial charge in [0.2, 0.25) is 0 Å². The Labute approximate surface area is 94.3 Å².